The Balaban J connectivity index is 0.000000132. The second-order valence-corrected chi connectivity index (χ2v) is 2.79. The van der Waals surface area contributed by atoms with Crippen LogP contribution in [0.4, 0.5) is 0 Å². The summed E-state index contributed by atoms with van der Waals surface area (Å²) in [5.41, 5.74) is 2.24. The van der Waals surface area contributed by atoms with Crippen LogP contribution in [-0.4, -0.2) is 19.9 Å². The maximum atomic E-state index is 3.96. The number of aryl methyl sites for hydroxylation is 3. The number of nitrogens with one attached hydrogen (secondary N) is 2. The van der Waals surface area contributed by atoms with Gasteiger partial charge in [0.15, 0.2) is 0 Å². The van der Waals surface area contributed by atoms with Crippen LogP contribution in [0.1, 0.15) is 17.2 Å². The topological polar surface area (TPSA) is 57.4 Å². The molecule has 0 aromatic carbocycles. The smallest absolute Gasteiger partial charge is 0.102 e. The summed E-state index contributed by atoms with van der Waals surface area (Å²) in [7, 11) is 0. The molecule has 2 aromatic rings. The van der Waals surface area contributed by atoms with Crippen LogP contribution in [0.2, 0.25) is 0 Å². The molecule has 0 atom stereocenters. The minimum absolute atomic E-state index is 0.968. The van der Waals surface area contributed by atoms with E-state index in [0.29, 0.717) is 0 Å². The molecular formula is C9H14N4. The van der Waals surface area contributed by atoms with Crippen molar-refractivity contribution in [3.05, 3.63) is 35.9 Å². The zero-order valence-electron chi connectivity index (χ0n) is 8.13. The first-order valence-corrected chi connectivity index (χ1v) is 4.12. The molecule has 0 spiro atoms. The third kappa shape index (κ3) is 3.11. The number of aromatic nitrogens is 4. The lowest BCUT2D eigenvalue weighted by Gasteiger charge is -1.79. The normalized spacial score (nSPS) is 9.15. The fraction of sp³-hybridized carbons (Fsp3) is 0.333. The van der Waals surface area contributed by atoms with Crippen molar-refractivity contribution >= 4 is 0 Å². The van der Waals surface area contributed by atoms with Gasteiger partial charge in [0.05, 0.1) is 12.0 Å². The van der Waals surface area contributed by atoms with Gasteiger partial charge in [-0.1, -0.05) is 0 Å². The van der Waals surface area contributed by atoms with Crippen molar-refractivity contribution in [1.82, 2.24) is 19.9 Å². The molecule has 0 aliphatic rings. The summed E-state index contributed by atoms with van der Waals surface area (Å²) in [6.45, 7) is 5.90. The number of aromatic amines is 2. The van der Waals surface area contributed by atoms with Crippen molar-refractivity contribution in [2.75, 3.05) is 0 Å². The standard InChI is InChI=1S/C5H8N2.C4H6N2/c1-4-5(2)7-3-6-4;1-4-5-2-3-6-4/h3H,1-2H3,(H,6,7);2-3H,1H3,(H,5,6). The van der Waals surface area contributed by atoms with Gasteiger partial charge < -0.3 is 9.97 Å². The van der Waals surface area contributed by atoms with E-state index >= 15 is 0 Å². The van der Waals surface area contributed by atoms with Crippen LogP contribution < -0.4 is 0 Å². The van der Waals surface area contributed by atoms with E-state index in [1.54, 1.807) is 18.7 Å². The number of H-pyrrole nitrogens is 2. The maximum Gasteiger partial charge on any atom is 0.102 e. The molecule has 0 unspecified atom stereocenters. The first-order chi connectivity index (χ1) is 6.20. The minimum Gasteiger partial charge on any atom is -0.349 e. The van der Waals surface area contributed by atoms with E-state index in [1.807, 2.05) is 20.8 Å². The summed E-state index contributed by atoms with van der Waals surface area (Å²) in [6.07, 6.45) is 5.23. The average molecular weight is 178 g/mol. The quantitative estimate of drug-likeness (QED) is 0.645. The summed E-state index contributed by atoms with van der Waals surface area (Å²) >= 11 is 0. The molecule has 4 heteroatoms. The summed E-state index contributed by atoms with van der Waals surface area (Å²) in [5.74, 6) is 0.968. The van der Waals surface area contributed by atoms with Crippen LogP contribution in [0.5, 0.6) is 0 Å². The Labute approximate surface area is 77.4 Å². The Bertz CT molecular complexity index is 318. The molecule has 70 valence electrons. The van der Waals surface area contributed by atoms with E-state index in [9.17, 15) is 0 Å². The van der Waals surface area contributed by atoms with Gasteiger partial charge in [0.2, 0.25) is 0 Å². The van der Waals surface area contributed by atoms with Gasteiger partial charge in [0.25, 0.3) is 0 Å². The molecule has 2 aromatic heterocycles. The van der Waals surface area contributed by atoms with E-state index in [2.05, 4.69) is 19.9 Å². The maximum absolute atomic E-state index is 3.96. The largest absolute Gasteiger partial charge is 0.349 e. The Morgan fingerprint density at radius 2 is 1.85 bits per heavy atom. The molecule has 2 N–H and O–H groups in total. The molecule has 13 heavy (non-hydrogen) atoms. The van der Waals surface area contributed by atoms with E-state index in [-0.39, 0.29) is 0 Å². The van der Waals surface area contributed by atoms with Gasteiger partial charge in [-0.05, 0) is 20.8 Å². The van der Waals surface area contributed by atoms with Crippen molar-refractivity contribution < 1.29 is 0 Å². The lowest BCUT2D eigenvalue weighted by molar-refractivity contribution is 1.15. The van der Waals surface area contributed by atoms with Crippen LogP contribution >= 0.6 is 0 Å². The predicted molar refractivity (Wildman–Crippen MR) is 51.4 cm³/mol. The average Bonchev–Trinajstić information content (AvgIpc) is 2.67. The Hall–Kier alpha value is -1.58. The summed E-state index contributed by atoms with van der Waals surface area (Å²) < 4.78 is 0. The number of nitrogens with zero attached hydrogens (tertiary/aromatic N) is 2. The first kappa shape index (κ1) is 9.51. The third-order valence-corrected chi connectivity index (χ3v) is 1.72. The Morgan fingerprint density at radius 1 is 1.08 bits per heavy atom. The summed E-state index contributed by atoms with van der Waals surface area (Å²) in [5, 5.41) is 0. The van der Waals surface area contributed by atoms with Gasteiger partial charge in [-0.3, -0.25) is 0 Å². The lowest BCUT2D eigenvalue weighted by Crippen LogP contribution is -1.71. The van der Waals surface area contributed by atoms with E-state index in [1.165, 1.54) is 0 Å². The van der Waals surface area contributed by atoms with Crippen LogP contribution in [0.3, 0.4) is 0 Å². The van der Waals surface area contributed by atoms with Gasteiger partial charge in [0, 0.05) is 18.1 Å². The molecule has 2 heterocycles. The number of imidazole rings is 2. The summed E-state index contributed by atoms with van der Waals surface area (Å²) in [6, 6.07) is 0. The predicted octanol–water partition coefficient (Wildman–Crippen LogP) is 1.74. The molecule has 0 aliphatic carbocycles. The molecule has 0 bridgehead atoms. The van der Waals surface area contributed by atoms with Crippen LogP contribution in [0.25, 0.3) is 0 Å². The van der Waals surface area contributed by atoms with Gasteiger partial charge in [-0.25, -0.2) is 9.97 Å². The van der Waals surface area contributed by atoms with Gasteiger partial charge in [-0.15, -0.1) is 0 Å². The zero-order valence-corrected chi connectivity index (χ0v) is 8.13. The fourth-order valence-corrected chi connectivity index (χ4v) is 0.771. The molecule has 2 rings (SSSR count). The number of hydrogen-bond acceptors (Lipinski definition) is 2. The molecular weight excluding hydrogens is 164 g/mol. The molecule has 0 fully saturated rings. The van der Waals surface area contributed by atoms with Gasteiger partial charge >= 0.3 is 0 Å². The SMILES string of the molecule is Cc1nc[nH]c1C.Cc1ncc[nH]1. The van der Waals surface area contributed by atoms with Crippen molar-refractivity contribution in [1.29, 1.82) is 0 Å². The highest BCUT2D eigenvalue weighted by Crippen LogP contribution is 1.94. The van der Waals surface area contributed by atoms with E-state index < -0.39 is 0 Å². The first-order valence-electron chi connectivity index (χ1n) is 4.12. The van der Waals surface area contributed by atoms with Gasteiger partial charge in [0.1, 0.15) is 5.82 Å². The van der Waals surface area contributed by atoms with Crippen LogP contribution in [0.15, 0.2) is 18.7 Å². The zero-order chi connectivity index (χ0) is 9.68. The molecule has 4 nitrogen and oxygen atoms in total. The minimum atomic E-state index is 0.968. The Kier molecular flexibility index (Phi) is 3.25. The summed E-state index contributed by atoms with van der Waals surface area (Å²) in [4.78, 5) is 13.7. The highest BCUT2D eigenvalue weighted by Gasteiger charge is 1.87. The molecule has 0 saturated carbocycles. The van der Waals surface area contributed by atoms with Crippen LogP contribution in [0, 0.1) is 20.8 Å². The van der Waals surface area contributed by atoms with E-state index in [4.69, 9.17) is 0 Å². The van der Waals surface area contributed by atoms with Crippen molar-refractivity contribution in [2.45, 2.75) is 20.8 Å². The monoisotopic (exact) mass is 178 g/mol. The Morgan fingerprint density at radius 3 is 2.00 bits per heavy atom. The third-order valence-electron chi connectivity index (χ3n) is 1.72. The van der Waals surface area contributed by atoms with E-state index in [0.717, 1.165) is 17.2 Å². The highest BCUT2D eigenvalue weighted by molar-refractivity contribution is 5.04. The second-order valence-electron chi connectivity index (χ2n) is 2.79. The van der Waals surface area contributed by atoms with Crippen molar-refractivity contribution in [3.63, 3.8) is 0 Å². The van der Waals surface area contributed by atoms with Crippen LogP contribution in [-0.2, 0) is 0 Å². The second kappa shape index (κ2) is 4.45. The lowest BCUT2D eigenvalue weighted by atomic mass is 10.4. The van der Waals surface area contributed by atoms with Crippen molar-refractivity contribution in [2.24, 2.45) is 0 Å². The highest BCUT2D eigenvalue weighted by atomic mass is 14.9. The molecule has 0 amide bonds. The number of hydrogen-bond donors (Lipinski definition) is 2. The van der Waals surface area contributed by atoms with Crippen molar-refractivity contribution in [3.8, 4) is 0 Å². The molecule has 0 radical (unpaired) electrons. The number of rotatable bonds is 0. The molecule has 0 aliphatic heterocycles. The fourth-order valence-electron chi connectivity index (χ4n) is 0.771. The van der Waals surface area contributed by atoms with Gasteiger partial charge in [-0.2, -0.15) is 0 Å². The molecule has 0 saturated heterocycles.